The Morgan fingerprint density at radius 1 is 1.19 bits per heavy atom. The lowest BCUT2D eigenvalue weighted by molar-refractivity contribution is 0.339. The summed E-state index contributed by atoms with van der Waals surface area (Å²) in [7, 11) is 0. The maximum Gasteiger partial charge on any atom is 0.182 e. The number of fused-ring (bicyclic) bond motifs is 1. The first kappa shape index (κ1) is 13.8. The smallest absolute Gasteiger partial charge is 0.182 e. The topological polar surface area (TPSA) is 47.3 Å². The Morgan fingerprint density at radius 3 is 2.71 bits per heavy atom. The van der Waals surface area contributed by atoms with Gasteiger partial charge in [-0.3, -0.25) is 0 Å². The second-order valence-electron chi connectivity index (χ2n) is 4.70. The lowest BCUT2D eigenvalue weighted by Crippen LogP contribution is -2.16. The van der Waals surface area contributed by atoms with Crippen LogP contribution in [0.5, 0.6) is 5.75 Å². The normalized spacial score (nSPS) is 16.2. The van der Waals surface area contributed by atoms with Crippen molar-refractivity contribution in [3.05, 3.63) is 59.2 Å². The highest BCUT2D eigenvalue weighted by atomic mass is 32.1. The SMILES string of the molecule is NC(=S)c1ccc(NC2COc3ccccc32)c(F)c1F. The molecule has 108 valence electrons. The number of para-hydroxylation sites is 1. The fourth-order valence-electron chi connectivity index (χ4n) is 2.32. The number of nitrogens with two attached hydrogens (primary N) is 1. The largest absolute Gasteiger partial charge is 0.491 e. The lowest BCUT2D eigenvalue weighted by atomic mass is 10.1. The van der Waals surface area contributed by atoms with E-state index in [9.17, 15) is 8.78 Å². The second kappa shape index (κ2) is 5.29. The number of anilines is 1. The fourth-order valence-corrected chi connectivity index (χ4v) is 2.48. The highest BCUT2D eigenvalue weighted by Gasteiger charge is 2.25. The minimum Gasteiger partial charge on any atom is -0.491 e. The van der Waals surface area contributed by atoms with E-state index < -0.39 is 11.6 Å². The third kappa shape index (κ3) is 2.42. The van der Waals surface area contributed by atoms with Gasteiger partial charge in [0, 0.05) is 11.1 Å². The summed E-state index contributed by atoms with van der Waals surface area (Å²) in [5.74, 6) is -1.29. The molecule has 0 spiro atoms. The van der Waals surface area contributed by atoms with Crippen LogP contribution < -0.4 is 15.8 Å². The molecule has 0 aromatic heterocycles. The predicted octanol–water partition coefficient (Wildman–Crippen LogP) is 3.14. The molecule has 2 aromatic carbocycles. The summed E-state index contributed by atoms with van der Waals surface area (Å²) in [5.41, 5.74) is 6.21. The van der Waals surface area contributed by atoms with Gasteiger partial charge in [-0.2, -0.15) is 0 Å². The molecule has 0 bridgehead atoms. The first-order valence-electron chi connectivity index (χ1n) is 6.34. The van der Waals surface area contributed by atoms with Crippen LogP contribution in [-0.4, -0.2) is 11.6 Å². The van der Waals surface area contributed by atoms with Gasteiger partial charge in [0.25, 0.3) is 0 Å². The summed E-state index contributed by atoms with van der Waals surface area (Å²) in [5, 5.41) is 2.95. The number of hydrogen-bond donors (Lipinski definition) is 2. The first-order chi connectivity index (χ1) is 10.1. The summed E-state index contributed by atoms with van der Waals surface area (Å²) < 4.78 is 33.4. The van der Waals surface area contributed by atoms with Crippen LogP contribution in [0, 0.1) is 11.6 Å². The van der Waals surface area contributed by atoms with Crippen LogP contribution in [0.1, 0.15) is 17.2 Å². The van der Waals surface area contributed by atoms with Crippen LogP contribution >= 0.6 is 12.2 Å². The Bertz CT molecular complexity index is 721. The van der Waals surface area contributed by atoms with Crippen LogP contribution in [-0.2, 0) is 0 Å². The molecule has 0 saturated heterocycles. The Morgan fingerprint density at radius 2 is 1.95 bits per heavy atom. The van der Waals surface area contributed by atoms with E-state index in [-0.39, 0.29) is 22.3 Å². The fraction of sp³-hybridized carbons (Fsp3) is 0.133. The quantitative estimate of drug-likeness (QED) is 0.855. The van der Waals surface area contributed by atoms with Crippen LogP contribution in [0.4, 0.5) is 14.5 Å². The van der Waals surface area contributed by atoms with Crippen molar-refractivity contribution in [3.63, 3.8) is 0 Å². The van der Waals surface area contributed by atoms with Crippen LogP contribution in [0.25, 0.3) is 0 Å². The van der Waals surface area contributed by atoms with Crippen molar-refractivity contribution in [1.29, 1.82) is 0 Å². The standard InChI is InChI=1S/C15H12F2N2OS/c16-13-9(15(18)21)5-6-10(14(13)17)19-11-7-20-12-4-2-1-3-8(11)12/h1-6,11,19H,7H2,(H2,18,21). The summed E-state index contributed by atoms with van der Waals surface area (Å²) in [6, 6.07) is 10.0. The molecular weight excluding hydrogens is 294 g/mol. The number of halogens is 2. The van der Waals surface area contributed by atoms with Gasteiger partial charge in [-0.25, -0.2) is 8.78 Å². The minimum atomic E-state index is -1.04. The molecule has 0 radical (unpaired) electrons. The maximum absolute atomic E-state index is 14.1. The molecule has 0 fully saturated rings. The highest BCUT2D eigenvalue weighted by molar-refractivity contribution is 7.80. The molecule has 0 aliphatic carbocycles. The van der Waals surface area contributed by atoms with Crippen molar-refractivity contribution in [2.24, 2.45) is 5.73 Å². The molecule has 0 saturated carbocycles. The summed E-state index contributed by atoms with van der Waals surface area (Å²) in [6.07, 6.45) is 0. The molecule has 3 N–H and O–H groups in total. The Hall–Kier alpha value is -2.21. The number of benzene rings is 2. The van der Waals surface area contributed by atoms with E-state index in [0.717, 1.165) is 11.3 Å². The lowest BCUT2D eigenvalue weighted by Gasteiger charge is -2.15. The van der Waals surface area contributed by atoms with Gasteiger partial charge >= 0.3 is 0 Å². The molecule has 1 unspecified atom stereocenters. The van der Waals surface area contributed by atoms with E-state index >= 15 is 0 Å². The van der Waals surface area contributed by atoms with Crippen molar-refractivity contribution in [1.82, 2.24) is 0 Å². The zero-order valence-electron chi connectivity index (χ0n) is 10.9. The van der Waals surface area contributed by atoms with Gasteiger partial charge in [0.15, 0.2) is 11.6 Å². The molecule has 3 nitrogen and oxygen atoms in total. The molecule has 6 heteroatoms. The molecular formula is C15H12F2N2OS. The van der Waals surface area contributed by atoms with Gasteiger partial charge in [-0.1, -0.05) is 30.4 Å². The number of nitrogens with one attached hydrogen (secondary N) is 1. The Balaban J connectivity index is 1.90. The van der Waals surface area contributed by atoms with Crippen molar-refractivity contribution < 1.29 is 13.5 Å². The predicted molar refractivity (Wildman–Crippen MR) is 80.5 cm³/mol. The van der Waals surface area contributed by atoms with Gasteiger partial charge < -0.3 is 15.8 Å². The van der Waals surface area contributed by atoms with Gasteiger partial charge in [0.2, 0.25) is 0 Å². The molecule has 1 heterocycles. The van der Waals surface area contributed by atoms with Gasteiger partial charge in [0.1, 0.15) is 17.3 Å². The third-order valence-electron chi connectivity index (χ3n) is 3.38. The molecule has 2 aromatic rings. The van der Waals surface area contributed by atoms with Crippen LogP contribution in [0.15, 0.2) is 36.4 Å². The summed E-state index contributed by atoms with van der Waals surface area (Å²) in [4.78, 5) is -0.174. The van der Waals surface area contributed by atoms with Gasteiger partial charge in [-0.15, -0.1) is 0 Å². The van der Waals surface area contributed by atoms with E-state index in [0.29, 0.717) is 6.61 Å². The number of ether oxygens (including phenoxy) is 1. The Kier molecular flexibility index (Phi) is 3.47. The Labute approximate surface area is 125 Å². The van der Waals surface area contributed by atoms with Crippen molar-refractivity contribution in [2.45, 2.75) is 6.04 Å². The summed E-state index contributed by atoms with van der Waals surface area (Å²) in [6.45, 7) is 0.359. The monoisotopic (exact) mass is 306 g/mol. The van der Waals surface area contributed by atoms with E-state index in [1.165, 1.54) is 12.1 Å². The first-order valence-corrected chi connectivity index (χ1v) is 6.75. The van der Waals surface area contributed by atoms with Gasteiger partial charge in [-0.05, 0) is 18.2 Å². The van der Waals surface area contributed by atoms with Crippen LogP contribution in [0.3, 0.4) is 0 Å². The minimum absolute atomic E-state index is 0.0535. The van der Waals surface area contributed by atoms with E-state index in [2.05, 4.69) is 17.5 Å². The number of hydrogen-bond acceptors (Lipinski definition) is 3. The molecule has 21 heavy (non-hydrogen) atoms. The van der Waals surface area contributed by atoms with Gasteiger partial charge in [0.05, 0.1) is 11.7 Å². The summed E-state index contributed by atoms with van der Waals surface area (Å²) >= 11 is 4.68. The molecule has 0 amide bonds. The van der Waals surface area contributed by atoms with Crippen LogP contribution in [0.2, 0.25) is 0 Å². The molecule has 1 aliphatic heterocycles. The highest BCUT2D eigenvalue weighted by Crippen LogP contribution is 2.35. The zero-order chi connectivity index (χ0) is 15.0. The number of rotatable bonds is 3. The molecule has 1 atom stereocenters. The average Bonchev–Trinajstić information content (AvgIpc) is 2.87. The van der Waals surface area contributed by atoms with E-state index in [1.807, 2.05) is 24.3 Å². The van der Waals surface area contributed by atoms with Crippen molar-refractivity contribution in [2.75, 3.05) is 11.9 Å². The third-order valence-corrected chi connectivity index (χ3v) is 3.60. The number of thiocarbonyl (C=S) groups is 1. The van der Waals surface area contributed by atoms with E-state index in [4.69, 9.17) is 10.5 Å². The molecule has 1 aliphatic rings. The van der Waals surface area contributed by atoms with Crippen molar-refractivity contribution >= 4 is 22.9 Å². The maximum atomic E-state index is 14.1. The molecule has 3 rings (SSSR count). The second-order valence-corrected chi connectivity index (χ2v) is 5.14. The zero-order valence-corrected chi connectivity index (χ0v) is 11.7. The van der Waals surface area contributed by atoms with E-state index in [1.54, 1.807) is 0 Å². The van der Waals surface area contributed by atoms with Crippen molar-refractivity contribution in [3.8, 4) is 5.75 Å². The average molecular weight is 306 g/mol.